The zero-order valence-electron chi connectivity index (χ0n) is 12.2. The van der Waals surface area contributed by atoms with Gasteiger partial charge in [0.15, 0.2) is 5.43 Å². The summed E-state index contributed by atoms with van der Waals surface area (Å²) in [5.74, 6) is 0. The van der Waals surface area contributed by atoms with E-state index in [4.69, 9.17) is 0 Å². The molecule has 2 nitrogen and oxygen atoms in total. The van der Waals surface area contributed by atoms with Crippen molar-refractivity contribution in [2.75, 3.05) is 0 Å². The van der Waals surface area contributed by atoms with Crippen LogP contribution >= 0.6 is 15.9 Å². The van der Waals surface area contributed by atoms with Crippen LogP contribution < -0.4 is 5.43 Å². The number of hydrogen-bond donors (Lipinski definition) is 0. The fraction of sp³-hybridized carbons (Fsp3) is 0. The van der Waals surface area contributed by atoms with Crippen LogP contribution in [0.15, 0.2) is 82.2 Å². The van der Waals surface area contributed by atoms with Crippen molar-refractivity contribution < 1.29 is 0 Å². The predicted octanol–water partition coefficient (Wildman–Crippen LogP) is 5.18. The molecule has 3 aromatic carbocycles. The summed E-state index contributed by atoms with van der Waals surface area (Å²) >= 11 is 3.44. The van der Waals surface area contributed by atoms with Crippen LogP contribution in [0.5, 0.6) is 0 Å². The number of aromatic nitrogens is 1. The summed E-state index contributed by atoms with van der Waals surface area (Å²) in [6.07, 6.45) is 1.82. The predicted molar refractivity (Wildman–Crippen MR) is 98.7 cm³/mol. The first kappa shape index (κ1) is 14.1. The molecule has 110 valence electrons. The number of nitrogens with zero attached hydrogens (tertiary/aromatic N) is 1. The van der Waals surface area contributed by atoms with Gasteiger partial charge in [0, 0.05) is 27.0 Å². The Morgan fingerprint density at radius 2 is 1.57 bits per heavy atom. The van der Waals surface area contributed by atoms with Crippen LogP contribution in [0.1, 0.15) is 0 Å². The molecule has 3 heteroatoms. The summed E-state index contributed by atoms with van der Waals surface area (Å²) < 4.78 is 0.897. The molecular weight excluding hydrogens is 350 g/mol. The number of benzene rings is 2. The third kappa shape index (κ3) is 2.53. The first-order valence-corrected chi connectivity index (χ1v) is 8.09. The van der Waals surface area contributed by atoms with Gasteiger partial charge in [-0.1, -0.05) is 58.4 Å². The molecule has 0 aliphatic heterocycles. The largest absolute Gasteiger partial charge is 0.289 e. The molecule has 0 aliphatic carbocycles. The Morgan fingerprint density at radius 3 is 2.39 bits per heavy atom. The number of hydrogen-bond acceptors (Lipinski definition) is 2. The highest BCUT2D eigenvalue weighted by Crippen LogP contribution is 2.23. The number of pyridine rings is 1. The average Bonchev–Trinajstić information content (AvgIpc) is 2.73. The second-order valence-electron chi connectivity index (χ2n) is 5.42. The summed E-state index contributed by atoms with van der Waals surface area (Å²) in [6, 6.07) is 21.5. The number of fused-ring (bicyclic) bond motifs is 2. The SMILES string of the molecule is O=c1c2cc(Br)ccc2ccc2ncc(-c3ccccc3)cc12. The Kier molecular flexibility index (Phi) is 3.43. The Balaban J connectivity index is 2.10. The van der Waals surface area contributed by atoms with Gasteiger partial charge in [-0.2, -0.15) is 0 Å². The van der Waals surface area contributed by atoms with E-state index in [2.05, 4.69) is 20.9 Å². The number of rotatable bonds is 1. The van der Waals surface area contributed by atoms with Crippen LogP contribution in [0.25, 0.3) is 32.8 Å². The first-order chi connectivity index (χ1) is 11.2. The Bertz CT molecular complexity index is 1090. The monoisotopic (exact) mass is 361 g/mol. The lowest BCUT2D eigenvalue weighted by atomic mass is 10.1. The number of halogens is 1. The average molecular weight is 362 g/mol. The standard InChI is InChI=1S/C20H12BrNO/c21-16-8-6-14-7-9-19-18(20(23)17(14)11-16)10-15(12-22-19)13-4-2-1-3-5-13/h1-12H. The molecule has 0 spiro atoms. The van der Waals surface area contributed by atoms with Gasteiger partial charge < -0.3 is 0 Å². The van der Waals surface area contributed by atoms with Gasteiger partial charge in [-0.25, -0.2) is 0 Å². The maximum absolute atomic E-state index is 13.0. The highest BCUT2D eigenvalue weighted by atomic mass is 79.9. The van der Waals surface area contributed by atoms with Crippen LogP contribution in [0, 0.1) is 0 Å². The second-order valence-corrected chi connectivity index (χ2v) is 6.33. The van der Waals surface area contributed by atoms with E-state index in [0.29, 0.717) is 16.3 Å². The minimum atomic E-state index is 0.00609. The van der Waals surface area contributed by atoms with Gasteiger partial charge in [-0.3, -0.25) is 9.78 Å². The molecule has 0 bridgehead atoms. The van der Waals surface area contributed by atoms with E-state index in [1.807, 2.05) is 72.9 Å². The molecule has 0 N–H and O–H groups in total. The maximum Gasteiger partial charge on any atom is 0.195 e. The van der Waals surface area contributed by atoms with Crippen molar-refractivity contribution >= 4 is 37.6 Å². The minimum Gasteiger partial charge on any atom is -0.289 e. The van der Waals surface area contributed by atoms with Crippen LogP contribution in [0.2, 0.25) is 0 Å². The molecule has 1 aromatic heterocycles. The van der Waals surface area contributed by atoms with Crippen LogP contribution in [0.3, 0.4) is 0 Å². The molecule has 0 unspecified atom stereocenters. The highest BCUT2D eigenvalue weighted by molar-refractivity contribution is 9.10. The molecule has 0 amide bonds. The molecule has 0 atom stereocenters. The lowest BCUT2D eigenvalue weighted by molar-refractivity contribution is 1.41. The van der Waals surface area contributed by atoms with Crippen LogP contribution in [-0.2, 0) is 0 Å². The summed E-state index contributed by atoms with van der Waals surface area (Å²) in [5, 5.41) is 2.25. The Labute approximate surface area is 141 Å². The van der Waals surface area contributed by atoms with E-state index in [9.17, 15) is 4.79 Å². The van der Waals surface area contributed by atoms with E-state index in [0.717, 1.165) is 21.0 Å². The molecule has 4 aromatic rings. The van der Waals surface area contributed by atoms with Crippen molar-refractivity contribution in [3.05, 3.63) is 87.6 Å². The minimum absolute atomic E-state index is 0.00609. The normalized spacial score (nSPS) is 11.0. The van der Waals surface area contributed by atoms with Gasteiger partial charge in [-0.15, -0.1) is 0 Å². The van der Waals surface area contributed by atoms with E-state index < -0.39 is 0 Å². The zero-order chi connectivity index (χ0) is 15.8. The topological polar surface area (TPSA) is 30.0 Å². The van der Waals surface area contributed by atoms with Crippen molar-refractivity contribution in [2.45, 2.75) is 0 Å². The Morgan fingerprint density at radius 1 is 0.783 bits per heavy atom. The van der Waals surface area contributed by atoms with E-state index in [1.54, 1.807) is 0 Å². The molecule has 0 saturated heterocycles. The van der Waals surface area contributed by atoms with Crippen molar-refractivity contribution in [3.63, 3.8) is 0 Å². The van der Waals surface area contributed by atoms with Crippen molar-refractivity contribution in [2.24, 2.45) is 0 Å². The highest BCUT2D eigenvalue weighted by Gasteiger charge is 2.06. The summed E-state index contributed by atoms with van der Waals surface area (Å²) in [7, 11) is 0. The van der Waals surface area contributed by atoms with Gasteiger partial charge >= 0.3 is 0 Å². The van der Waals surface area contributed by atoms with Crippen molar-refractivity contribution in [3.8, 4) is 11.1 Å². The smallest absolute Gasteiger partial charge is 0.195 e. The van der Waals surface area contributed by atoms with E-state index in [-0.39, 0.29) is 5.43 Å². The summed E-state index contributed by atoms with van der Waals surface area (Å²) in [4.78, 5) is 17.5. The lowest BCUT2D eigenvalue weighted by Gasteiger charge is -2.01. The molecular formula is C20H12BrNO. The molecule has 0 radical (unpaired) electrons. The fourth-order valence-electron chi connectivity index (χ4n) is 2.76. The van der Waals surface area contributed by atoms with Crippen molar-refractivity contribution in [1.29, 1.82) is 0 Å². The van der Waals surface area contributed by atoms with Gasteiger partial charge in [0.1, 0.15) is 0 Å². The Hall–Kier alpha value is -2.52. The summed E-state index contributed by atoms with van der Waals surface area (Å²) in [6.45, 7) is 0. The summed E-state index contributed by atoms with van der Waals surface area (Å²) in [5.41, 5.74) is 2.72. The molecule has 4 rings (SSSR count). The molecule has 1 heterocycles. The third-order valence-corrected chi connectivity index (χ3v) is 4.44. The van der Waals surface area contributed by atoms with Crippen LogP contribution in [0.4, 0.5) is 0 Å². The lowest BCUT2D eigenvalue weighted by Crippen LogP contribution is -1.99. The first-order valence-electron chi connectivity index (χ1n) is 7.30. The zero-order valence-corrected chi connectivity index (χ0v) is 13.7. The van der Waals surface area contributed by atoms with Crippen molar-refractivity contribution in [1.82, 2.24) is 4.98 Å². The van der Waals surface area contributed by atoms with Gasteiger partial charge in [-0.05, 0) is 35.2 Å². The van der Waals surface area contributed by atoms with E-state index in [1.165, 1.54) is 0 Å². The van der Waals surface area contributed by atoms with E-state index >= 15 is 0 Å². The molecule has 0 aliphatic rings. The molecule has 0 saturated carbocycles. The van der Waals surface area contributed by atoms with Gasteiger partial charge in [0.05, 0.1) is 5.52 Å². The quantitative estimate of drug-likeness (QED) is 0.467. The second kappa shape index (κ2) is 5.60. The fourth-order valence-corrected chi connectivity index (χ4v) is 3.12. The van der Waals surface area contributed by atoms with Gasteiger partial charge in [0.25, 0.3) is 0 Å². The maximum atomic E-state index is 13.0. The van der Waals surface area contributed by atoms with Gasteiger partial charge in [0.2, 0.25) is 0 Å². The molecule has 23 heavy (non-hydrogen) atoms. The molecule has 0 fully saturated rings. The third-order valence-electron chi connectivity index (χ3n) is 3.95. The van der Waals surface area contributed by atoms with Crippen LogP contribution in [-0.4, -0.2) is 4.98 Å².